The van der Waals surface area contributed by atoms with Gasteiger partial charge in [0.1, 0.15) is 11.6 Å². The second-order valence-corrected chi connectivity index (χ2v) is 8.30. The highest BCUT2D eigenvalue weighted by atomic mass is 79.9. The van der Waals surface area contributed by atoms with Crippen LogP contribution >= 0.6 is 15.9 Å². The summed E-state index contributed by atoms with van der Waals surface area (Å²) < 4.78 is 25.3. The van der Waals surface area contributed by atoms with Gasteiger partial charge in [-0.25, -0.2) is 4.39 Å². The monoisotopic (exact) mass is 478 g/mol. The van der Waals surface area contributed by atoms with E-state index in [-0.39, 0.29) is 23.8 Å². The lowest BCUT2D eigenvalue weighted by Gasteiger charge is -2.21. The van der Waals surface area contributed by atoms with E-state index in [2.05, 4.69) is 26.6 Å². The maximum atomic E-state index is 13.4. The highest BCUT2D eigenvalue weighted by Gasteiger charge is 2.46. The molecule has 0 saturated carbocycles. The lowest BCUT2D eigenvalue weighted by atomic mass is 9.74. The molecule has 1 saturated heterocycles. The molecule has 1 aliphatic carbocycles. The molecule has 2 amide bonds. The fraction of sp³-hybridized carbons (Fsp3) is 0.350. The van der Waals surface area contributed by atoms with Crippen LogP contribution in [0, 0.1) is 11.7 Å². The van der Waals surface area contributed by atoms with Crippen LogP contribution in [0.5, 0.6) is 0 Å². The Balaban J connectivity index is 1.60. The minimum atomic E-state index is -0.815. The fourth-order valence-electron chi connectivity index (χ4n) is 3.19. The summed E-state index contributed by atoms with van der Waals surface area (Å²) in [4.78, 5) is 36.7. The zero-order valence-electron chi connectivity index (χ0n) is 16.5. The summed E-state index contributed by atoms with van der Waals surface area (Å²) in [6.07, 6.45) is 4.42. The van der Waals surface area contributed by atoms with Gasteiger partial charge in [-0.15, -0.1) is 0 Å². The molecule has 1 aliphatic heterocycles. The quantitative estimate of drug-likeness (QED) is 0.586. The van der Waals surface area contributed by atoms with Gasteiger partial charge in [-0.2, -0.15) is 0 Å². The minimum Gasteiger partial charge on any atom is -0.536 e. The van der Waals surface area contributed by atoms with Crippen molar-refractivity contribution in [3.63, 3.8) is 0 Å². The summed E-state index contributed by atoms with van der Waals surface area (Å²) in [5.41, 5.74) is 0.0889. The molecule has 0 radical (unpaired) electrons. The predicted octanol–water partition coefficient (Wildman–Crippen LogP) is 2.31. The smallest absolute Gasteiger partial charge is 0.536 e. The molecule has 2 aliphatic rings. The van der Waals surface area contributed by atoms with Gasteiger partial charge in [0.15, 0.2) is 11.9 Å². The first-order valence-corrected chi connectivity index (χ1v) is 10.3. The zero-order chi connectivity index (χ0) is 21.8. The number of fused-ring (bicyclic) bond motifs is 1. The second kappa shape index (κ2) is 9.57. The molecule has 30 heavy (non-hydrogen) atoms. The standard InChI is InChI=1S/C20H21BBrFN2O5/c1-11(2)8-17(21-29-16-5-3-4-15(26)19(16)30-21)25-18(27)10-24-20(28)13-9-12(23)6-7-14(13)22/h3-7,9,11,17,19H,8,10H2,1-2H3,(H,24,28)(H,25,27)/t17-,19?/m0/s1. The van der Waals surface area contributed by atoms with E-state index >= 15 is 0 Å². The van der Waals surface area contributed by atoms with Gasteiger partial charge in [-0.1, -0.05) is 19.9 Å². The van der Waals surface area contributed by atoms with Crippen LogP contribution in [-0.4, -0.2) is 43.3 Å². The van der Waals surface area contributed by atoms with E-state index in [9.17, 15) is 18.8 Å². The number of rotatable bonds is 7. The number of hydrogen-bond acceptors (Lipinski definition) is 5. The van der Waals surface area contributed by atoms with E-state index in [0.717, 1.165) is 6.07 Å². The summed E-state index contributed by atoms with van der Waals surface area (Å²) in [5.74, 6) is -1.70. The first-order chi connectivity index (χ1) is 14.2. The van der Waals surface area contributed by atoms with Crippen molar-refractivity contribution in [3.8, 4) is 0 Å². The van der Waals surface area contributed by atoms with Crippen LogP contribution in [0.1, 0.15) is 30.6 Å². The highest BCUT2D eigenvalue weighted by molar-refractivity contribution is 9.10. The SMILES string of the molecule is CC(C)C[C@H](NC(=O)CNC(=O)c1cc(F)ccc1Br)B1OC2=CC=CC(=O)C2O1. The maximum Gasteiger partial charge on any atom is 0.550 e. The molecule has 10 heteroatoms. The first-order valence-electron chi connectivity index (χ1n) is 9.51. The lowest BCUT2D eigenvalue weighted by Crippen LogP contribution is -2.51. The Morgan fingerprint density at radius 3 is 2.80 bits per heavy atom. The Kier molecular flexibility index (Phi) is 7.09. The summed E-state index contributed by atoms with van der Waals surface area (Å²) >= 11 is 3.19. The van der Waals surface area contributed by atoms with E-state index < -0.39 is 36.8 Å². The number of amides is 2. The number of carbonyl (C=O) groups excluding carboxylic acids is 3. The molecule has 0 bridgehead atoms. The van der Waals surface area contributed by atoms with Crippen molar-refractivity contribution in [2.45, 2.75) is 32.3 Å². The number of nitrogens with one attached hydrogen (secondary N) is 2. The van der Waals surface area contributed by atoms with E-state index in [4.69, 9.17) is 9.31 Å². The van der Waals surface area contributed by atoms with Crippen molar-refractivity contribution >= 4 is 40.6 Å². The Bertz CT molecular complexity index is 920. The molecule has 2 atom stereocenters. The van der Waals surface area contributed by atoms with Crippen molar-refractivity contribution in [1.29, 1.82) is 0 Å². The number of ketones is 1. The average Bonchev–Trinajstić information content (AvgIpc) is 3.13. The molecule has 1 aromatic carbocycles. The molecular formula is C20H21BBrFN2O5. The predicted molar refractivity (Wildman–Crippen MR) is 112 cm³/mol. The molecule has 1 heterocycles. The van der Waals surface area contributed by atoms with Crippen LogP contribution in [0.4, 0.5) is 4.39 Å². The Hall–Kier alpha value is -2.46. The van der Waals surface area contributed by atoms with Crippen LogP contribution in [0.2, 0.25) is 0 Å². The summed E-state index contributed by atoms with van der Waals surface area (Å²) in [6.45, 7) is 3.66. The third-order valence-electron chi connectivity index (χ3n) is 4.54. The zero-order valence-corrected chi connectivity index (χ0v) is 18.1. The van der Waals surface area contributed by atoms with E-state index in [1.54, 1.807) is 12.2 Å². The summed E-state index contributed by atoms with van der Waals surface area (Å²) in [7, 11) is -0.815. The summed E-state index contributed by atoms with van der Waals surface area (Å²) in [5, 5.41) is 5.27. The summed E-state index contributed by atoms with van der Waals surface area (Å²) in [6, 6.07) is 3.72. The van der Waals surface area contributed by atoms with Gasteiger partial charge in [0.25, 0.3) is 5.91 Å². The maximum absolute atomic E-state index is 13.4. The van der Waals surface area contributed by atoms with Gasteiger partial charge < -0.3 is 19.9 Å². The van der Waals surface area contributed by atoms with Crippen LogP contribution < -0.4 is 10.6 Å². The molecule has 7 nitrogen and oxygen atoms in total. The Labute approximate surface area is 182 Å². The molecule has 158 valence electrons. The Morgan fingerprint density at radius 2 is 2.10 bits per heavy atom. The van der Waals surface area contributed by atoms with Gasteiger partial charge in [-0.05, 0) is 58.6 Å². The molecule has 1 fully saturated rings. The van der Waals surface area contributed by atoms with Crippen LogP contribution in [0.15, 0.2) is 46.7 Å². The van der Waals surface area contributed by atoms with Crippen LogP contribution in [0.25, 0.3) is 0 Å². The normalized spacial score (nSPS) is 18.6. The van der Waals surface area contributed by atoms with Gasteiger partial charge in [0, 0.05) is 4.47 Å². The molecule has 0 spiro atoms. The largest absolute Gasteiger partial charge is 0.550 e. The van der Waals surface area contributed by atoms with Gasteiger partial charge in [-0.3, -0.25) is 14.4 Å². The third-order valence-corrected chi connectivity index (χ3v) is 5.23. The van der Waals surface area contributed by atoms with Crippen molar-refractivity contribution in [2.75, 3.05) is 6.54 Å². The third kappa shape index (κ3) is 5.37. The van der Waals surface area contributed by atoms with Gasteiger partial charge in [0.05, 0.1) is 18.0 Å². The number of carbonyl (C=O) groups is 3. The van der Waals surface area contributed by atoms with Crippen molar-refractivity contribution in [1.82, 2.24) is 10.6 Å². The number of benzene rings is 1. The molecule has 1 unspecified atom stereocenters. The fourth-order valence-corrected chi connectivity index (χ4v) is 3.62. The first kappa shape index (κ1) is 22.2. The van der Waals surface area contributed by atoms with Crippen molar-refractivity contribution < 1.29 is 28.1 Å². The van der Waals surface area contributed by atoms with Crippen molar-refractivity contribution in [3.05, 3.63) is 58.0 Å². The van der Waals surface area contributed by atoms with Crippen LogP contribution in [0.3, 0.4) is 0 Å². The minimum absolute atomic E-state index is 0.0889. The van der Waals surface area contributed by atoms with E-state index in [1.165, 1.54) is 18.2 Å². The number of allylic oxidation sites excluding steroid dienone is 2. The molecule has 0 aromatic heterocycles. The topological polar surface area (TPSA) is 93.7 Å². The Morgan fingerprint density at radius 1 is 1.33 bits per heavy atom. The highest BCUT2D eigenvalue weighted by Crippen LogP contribution is 2.27. The second-order valence-electron chi connectivity index (χ2n) is 7.44. The molecule has 2 N–H and O–H groups in total. The average molecular weight is 479 g/mol. The van der Waals surface area contributed by atoms with Gasteiger partial charge >= 0.3 is 7.12 Å². The van der Waals surface area contributed by atoms with Crippen molar-refractivity contribution in [2.24, 2.45) is 5.92 Å². The molecular weight excluding hydrogens is 458 g/mol. The molecule has 1 aromatic rings. The number of hydrogen-bond donors (Lipinski definition) is 2. The van der Waals surface area contributed by atoms with Crippen LogP contribution in [-0.2, 0) is 18.9 Å². The van der Waals surface area contributed by atoms with E-state index in [0.29, 0.717) is 16.7 Å². The van der Waals surface area contributed by atoms with Gasteiger partial charge in [0.2, 0.25) is 5.91 Å². The number of halogens is 2. The van der Waals surface area contributed by atoms with E-state index in [1.807, 2.05) is 13.8 Å². The lowest BCUT2D eigenvalue weighted by molar-refractivity contribution is -0.120. The molecule has 3 rings (SSSR count).